The lowest BCUT2D eigenvalue weighted by Crippen LogP contribution is -2.54. The van der Waals surface area contributed by atoms with E-state index in [1.165, 1.54) is 0 Å². The molecule has 2 atom stereocenters. The van der Waals surface area contributed by atoms with Gasteiger partial charge in [-0.1, -0.05) is 56.3 Å². The SMILES string of the molecule is CC1(C)CC[C@@H](Cc2ccccc2)N(CC(=O)Nc2ccc3c(c2)C[C@@]2(C3)C(=O)Nc3ncccc32)C1=O. The minimum absolute atomic E-state index is 0.0156. The van der Waals surface area contributed by atoms with E-state index in [2.05, 4.69) is 27.8 Å². The minimum Gasteiger partial charge on any atom is -0.330 e. The number of benzene rings is 2. The van der Waals surface area contributed by atoms with Gasteiger partial charge in [-0.25, -0.2) is 4.98 Å². The maximum Gasteiger partial charge on any atom is 0.244 e. The average Bonchev–Trinajstić information content (AvgIpc) is 3.41. The predicted molar refractivity (Wildman–Crippen MR) is 146 cm³/mol. The molecule has 194 valence electrons. The quantitative estimate of drug-likeness (QED) is 0.539. The molecule has 1 fully saturated rings. The van der Waals surface area contributed by atoms with Gasteiger partial charge in [0.25, 0.3) is 0 Å². The van der Waals surface area contributed by atoms with Crippen LogP contribution in [0.1, 0.15) is 48.9 Å². The van der Waals surface area contributed by atoms with Crippen LogP contribution in [-0.2, 0) is 39.1 Å². The summed E-state index contributed by atoms with van der Waals surface area (Å²) in [4.78, 5) is 45.7. The van der Waals surface area contributed by atoms with Gasteiger partial charge in [0.2, 0.25) is 17.7 Å². The second kappa shape index (κ2) is 9.08. The summed E-state index contributed by atoms with van der Waals surface area (Å²) in [6.07, 6.45) is 5.26. The van der Waals surface area contributed by atoms with Crippen molar-refractivity contribution < 1.29 is 14.4 Å². The molecule has 7 nitrogen and oxygen atoms in total. The van der Waals surface area contributed by atoms with Crippen molar-refractivity contribution in [3.05, 3.63) is 89.1 Å². The first-order chi connectivity index (χ1) is 18.2. The molecule has 1 saturated heterocycles. The molecule has 3 aliphatic rings. The minimum atomic E-state index is -0.648. The van der Waals surface area contributed by atoms with E-state index in [0.29, 0.717) is 24.3 Å². The molecule has 3 amide bonds. The van der Waals surface area contributed by atoms with Gasteiger partial charge in [0, 0.05) is 28.9 Å². The number of anilines is 2. The summed E-state index contributed by atoms with van der Waals surface area (Å²) in [7, 11) is 0. The number of carbonyl (C=O) groups is 3. The zero-order valence-electron chi connectivity index (χ0n) is 21.8. The number of rotatable bonds is 5. The van der Waals surface area contributed by atoms with E-state index in [1.807, 2.05) is 62.4 Å². The molecule has 0 unspecified atom stereocenters. The molecule has 0 radical (unpaired) electrons. The van der Waals surface area contributed by atoms with Crippen molar-refractivity contribution in [1.82, 2.24) is 9.88 Å². The molecule has 2 aliphatic heterocycles. The number of fused-ring (bicyclic) bond motifs is 3. The molecular weight excluding hydrogens is 476 g/mol. The summed E-state index contributed by atoms with van der Waals surface area (Å²) in [5.41, 5.74) is 3.79. The third-order valence-corrected chi connectivity index (χ3v) is 8.48. The molecule has 6 rings (SSSR count). The van der Waals surface area contributed by atoms with Crippen molar-refractivity contribution in [2.24, 2.45) is 5.41 Å². The van der Waals surface area contributed by atoms with Crippen LogP contribution < -0.4 is 10.6 Å². The Hall–Kier alpha value is -4.00. The second-order valence-electron chi connectivity index (χ2n) is 11.5. The largest absolute Gasteiger partial charge is 0.330 e. The number of hydrogen-bond donors (Lipinski definition) is 2. The highest BCUT2D eigenvalue weighted by molar-refractivity contribution is 6.06. The van der Waals surface area contributed by atoms with Crippen molar-refractivity contribution in [2.75, 3.05) is 17.2 Å². The molecule has 38 heavy (non-hydrogen) atoms. The van der Waals surface area contributed by atoms with Crippen LogP contribution in [0.5, 0.6) is 0 Å². The molecular formula is C31H32N4O3. The van der Waals surface area contributed by atoms with Crippen LogP contribution in [0.2, 0.25) is 0 Å². The summed E-state index contributed by atoms with van der Waals surface area (Å²) >= 11 is 0. The van der Waals surface area contributed by atoms with Crippen molar-refractivity contribution in [3.63, 3.8) is 0 Å². The summed E-state index contributed by atoms with van der Waals surface area (Å²) in [6, 6.07) is 19.8. The van der Waals surface area contributed by atoms with Crippen LogP contribution in [0, 0.1) is 5.41 Å². The van der Waals surface area contributed by atoms with Crippen molar-refractivity contribution in [3.8, 4) is 0 Å². The molecule has 3 aromatic rings. The number of aromatic nitrogens is 1. The average molecular weight is 509 g/mol. The van der Waals surface area contributed by atoms with E-state index in [0.717, 1.165) is 41.5 Å². The lowest BCUT2D eigenvalue weighted by atomic mass is 9.79. The highest BCUT2D eigenvalue weighted by Crippen LogP contribution is 2.47. The fraction of sp³-hybridized carbons (Fsp3) is 0.355. The van der Waals surface area contributed by atoms with Crippen molar-refractivity contribution in [2.45, 2.75) is 57.4 Å². The number of carbonyl (C=O) groups excluding carboxylic acids is 3. The van der Waals surface area contributed by atoms with E-state index in [4.69, 9.17) is 0 Å². The van der Waals surface area contributed by atoms with E-state index < -0.39 is 10.8 Å². The maximum atomic E-state index is 13.4. The monoisotopic (exact) mass is 508 g/mol. The van der Waals surface area contributed by atoms with Gasteiger partial charge in [-0.3, -0.25) is 14.4 Å². The topological polar surface area (TPSA) is 91.4 Å². The zero-order valence-corrected chi connectivity index (χ0v) is 21.8. The number of pyridine rings is 1. The van der Waals surface area contributed by atoms with Gasteiger partial charge in [-0.05, 0) is 67.0 Å². The molecule has 0 bridgehead atoms. The molecule has 0 saturated carbocycles. The third kappa shape index (κ3) is 4.16. The normalized spacial score (nSPS) is 23.2. The fourth-order valence-electron chi connectivity index (χ4n) is 6.34. The van der Waals surface area contributed by atoms with Gasteiger partial charge in [0.15, 0.2) is 0 Å². The Bertz CT molecular complexity index is 1430. The van der Waals surface area contributed by atoms with Gasteiger partial charge in [0.05, 0.1) is 5.41 Å². The lowest BCUT2D eigenvalue weighted by molar-refractivity contribution is -0.150. The number of hydrogen-bond acceptors (Lipinski definition) is 4. The van der Waals surface area contributed by atoms with Gasteiger partial charge in [-0.15, -0.1) is 0 Å². The Morgan fingerprint density at radius 1 is 1.05 bits per heavy atom. The van der Waals surface area contributed by atoms with E-state index in [-0.39, 0.29) is 30.3 Å². The molecule has 2 N–H and O–H groups in total. The zero-order chi connectivity index (χ0) is 26.5. The van der Waals surface area contributed by atoms with Gasteiger partial charge >= 0.3 is 0 Å². The number of nitrogens with zero attached hydrogens (tertiary/aromatic N) is 2. The standard InChI is InChI=1S/C31H32N4O3/c1-30(2)13-12-24(15-20-7-4-3-5-8-20)35(29(30)38)19-26(36)33-23-11-10-21-17-31(18-22(21)16-23)25-9-6-14-32-27(25)34-28(31)37/h3-11,14,16,24H,12-13,15,17-19H2,1-2H3,(H,33,36)(H,32,34,37)/t24-,31+/m0/s1. The predicted octanol–water partition coefficient (Wildman–Crippen LogP) is 4.27. The van der Waals surface area contributed by atoms with Gasteiger partial charge in [-0.2, -0.15) is 0 Å². The number of nitrogens with one attached hydrogen (secondary N) is 2. The Morgan fingerprint density at radius 2 is 1.84 bits per heavy atom. The van der Waals surface area contributed by atoms with E-state index in [1.54, 1.807) is 11.1 Å². The number of amides is 3. The van der Waals surface area contributed by atoms with Crippen molar-refractivity contribution in [1.29, 1.82) is 0 Å². The highest BCUT2D eigenvalue weighted by Gasteiger charge is 2.51. The fourth-order valence-corrected chi connectivity index (χ4v) is 6.34. The Kier molecular flexibility index (Phi) is 5.82. The van der Waals surface area contributed by atoms with Crippen LogP contribution in [0.3, 0.4) is 0 Å². The van der Waals surface area contributed by atoms with Crippen LogP contribution >= 0.6 is 0 Å². The summed E-state index contributed by atoms with van der Waals surface area (Å²) in [5.74, 6) is 0.423. The van der Waals surface area contributed by atoms with Crippen molar-refractivity contribution >= 4 is 29.2 Å². The third-order valence-electron chi connectivity index (χ3n) is 8.48. The van der Waals surface area contributed by atoms with Gasteiger partial charge < -0.3 is 15.5 Å². The maximum absolute atomic E-state index is 13.4. The number of piperidine rings is 1. The highest BCUT2D eigenvalue weighted by atomic mass is 16.2. The smallest absolute Gasteiger partial charge is 0.244 e. The number of likely N-dealkylation sites (tertiary alicyclic amines) is 1. The Balaban J connectivity index is 1.18. The van der Waals surface area contributed by atoms with Gasteiger partial charge in [0.1, 0.15) is 12.4 Å². The Labute approximate surface area is 222 Å². The first-order valence-corrected chi connectivity index (χ1v) is 13.3. The molecule has 7 heteroatoms. The van der Waals surface area contributed by atoms with Crippen LogP contribution in [-0.4, -0.2) is 40.2 Å². The second-order valence-corrected chi connectivity index (χ2v) is 11.5. The summed E-state index contributed by atoms with van der Waals surface area (Å²) < 4.78 is 0. The Morgan fingerprint density at radius 3 is 2.66 bits per heavy atom. The molecule has 1 aliphatic carbocycles. The molecule has 1 aromatic heterocycles. The summed E-state index contributed by atoms with van der Waals surface area (Å²) in [6.45, 7) is 3.94. The van der Waals surface area contributed by atoms with Crippen LogP contribution in [0.15, 0.2) is 66.9 Å². The van der Waals surface area contributed by atoms with Crippen LogP contribution in [0.25, 0.3) is 0 Å². The molecule has 2 aromatic carbocycles. The first kappa shape index (κ1) is 24.3. The summed E-state index contributed by atoms with van der Waals surface area (Å²) in [5, 5.41) is 5.95. The van der Waals surface area contributed by atoms with E-state index >= 15 is 0 Å². The lowest BCUT2D eigenvalue weighted by Gasteiger charge is -2.43. The molecule has 3 heterocycles. The van der Waals surface area contributed by atoms with E-state index in [9.17, 15) is 14.4 Å². The van der Waals surface area contributed by atoms with Crippen LogP contribution in [0.4, 0.5) is 11.5 Å². The first-order valence-electron chi connectivity index (χ1n) is 13.3. The molecule has 1 spiro atoms.